The van der Waals surface area contributed by atoms with Crippen molar-refractivity contribution in [3.63, 3.8) is 0 Å². The summed E-state index contributed by atoms with van der Waals surface area (Å²) in [6, 6.07) is 7.00. The molecule has 1 fully saturated rings. The lowest BCUT2D eigenvalue weighted by atomic mass is 10.1. The van der Waals surface area contributed by atoms with Crippen molar-refractivity contribution >= 4 is 34.1 Å². The molecule has 10 heteroatoms. The highest BCUT2D eigenvalue weighted by Gasteiger charge is 2.35. The Kier molecular flexibility index (Phi) is 4.95. The number of amides is 2. The number of rotatable bonds is 3. The molecule has 4 rings (SSSR count). The molecule has 2 aromatic heterocycles. The molecule has 7 nitrogen and oxygen atoms in total. The highest BCUT2D eigenvalue weighted by molar-refractivity contribution is 6.05. The molecule has 0 saturated carbocycles. The zero-order chi connectivity index (χ0) is 21.3. The Hall–Kier alpha value is -3.74. The van der Waals surface area contributed by atoms with Gasteiger partial charge < -0.3 is 20.5 Å². The van der Waals surface area contributed by atoms with Gasteiger partial charge in [-0.25, -0.2) is 22.9 Å². The van der Waals surface area contributed by atoms with E-state index < -0.39 is 17.8 Å². The third kappa shape index (κ3) is 4.00. The number of pyridine rings is 1. The largest absolute Gasteiger partial charge is 0.359 e. The van der Waals surface area contributed by atoms with Gasteiger partial charge in [-0.2, -0.15) is 5.26 Å². The quantitative estimate of drug-likeness (QED) is 0.590. The fraction of sp³-hybridized carbons (Fsp3) is 0.250. The predicted molar refractivity (Wildman–Crippen MR) is 106 cm³/mol. The van der Waals surface area contributed by atoms with E-state index >= 15 is 0 Å². The lowest BCUT2D eigenvalue weighted by Crippen LogP contribution is -2.40. The third-order valence-electron chi connectivity index (χ3n) is 4.93. The van der Waals surface area contributed by atoms with Crippen LogP contribution < -0.4 is 15.5 Å². The number of halogens is 3. The number of piperidine rings is 1. The number of hydrogen-bond acceptors (Lipinski definition) is 4. The van der Waals surface area contributed by atoms with E-state index in [9.17, 15) is 23.2 Å². The van der Waals surface area contributed by atoms with Gasteiger partial charge in [0.05, 0.1) is 23.1 Å². The Bertz CT molecular complexity index is 1140. The molecule has 0 bridgehead atoms. The third-order valence-corrected chi connectivity index (χ3v) is 4.93. The number of alkyl halides is 2. The van der Waals surface area contributed by atoms with Gasteiger partial charge in [-0.05, 0) is 24.3 Å². The monoisotopic (exact) mass is 414 g/mol. The van der Waals surface area contributed by atoms with E-state index in [0.717, 1.165) is 0 Å². The zero-order valence-electron chi connectivity index (χ0n) is 15.7. The second-order valence-electron chi connectivity index (χ2n) is 7.02. The Balaban J connectivity index is 1.47. The number of benzene rings is 1. The van der Waals surface area contributed by atoms with Crippen LogP contribution in [0.25, 0.3) is 10.9 Å². The molecule has 0 atom stereocenters. The fourth-order valence-corrected chi connectivity index (χ4v) is 3.39. The molecule has 0 radical (unpaired) electrons. The Morgan fingerprint density at radius 3 is 2.73 bits per heavy atom. The first-order chi connectivity index (χ1) is 14.3. The maximum Gasteiger partial charge on any atom is 0.323 e. The summed E-state index contributed by atoms with van der Waals surface area (Å²) in [6.45, 7) is 0.193. The summed E-state index contributed by atoms with van der Waals surface area (Å²) in [7, 11) is 0. The lowest BCUT2D eigenvalue weighted by Gasteiger charge is -2.33. The highest BCUT2D eigenvalue weighted by Crippen LogP contribution is 2.31. The molecule has 0 spiro atoms. The van der Waals surface area contributed by atoms with Crippen LogP contribution in [0.3, 0.4) is 0 Å². The van der Waals surface area contributed by atoms with Crippen molar-refractivity contribution in [2.24, 2.45) is 0 Å². The molecular weight excluding hydrogens is 397 g/mol. The van der Waals surface area contributed by atoms with Crippen molar-refractivity contribution in [2.75, 3.05) is 28.6 Å². The van der Waals surface area contributed by atoms with Crippen LogP contribution >= 0.6 is 0 Å². The number of H-pyrrole nitrogens is 1. The lowest BCUT2D eigenvalue weighted by molar-refractivity contribution is -0.0221. The van der Waals surface area contributed by atoms with E-state index in [0.29, 0.717) is 22.4 Å². The minimum Gasteiger partial charge on any atom is -0.359 e. The molecule has 1 aliphatic heterocycles. The zero-order valence-corrected chi connectivity index (χ0v) is 15.7. The van der Waals surface area contributed by atoms with Gasteiger partial charge in [0, 0.05) is 43.0 Å². The number of anilines is 3. The number of aromatic nitrogens is 2. The van der Waals surface area contributed by atoms with E-state index in [1.165, 1.54) is 30.6 Å². The van der Waals surface area contributed by atoms with E-state index in [-0.39, 0.29) is 37.2 Å². The van der Waals surface area contributed by atoms with Crippen molar-refractivity contribution in [3.05, 3.63) is 48.0 Å². The summed E-state index contributed by atoms with van der Waals surface area (Å²) < 4.78 is 40.2. The second kappa shape index (κ2) is 7.59. The molecule has 3 aromatic rings. The maximum atomic E-state index is 13.5. The second-order valence-corrected chi connectivity index (χ2v) is 7.02. The van der Waals surface area contributed by atoms with Crippen LogP contribution in [0.15, 0.2) is 36.7 Å². The normalized spacial score (nSPS) is 15.6. The fourth-order valence-electron chi connectivity index (χ4n) is 3.39. The molecule has 0 unspecified atom stereocenters. The van der Waals surface area contributed by atoms with Crippen molar-refractivity contribution in [2.45, 2.75) is 18.8 Å². The average molecular weight is 414 g/mol. The molecule has 1 saturated heterocycles. The number of hydrogen-bond donors (Lipinski definition) is 3. The van der Waals surface area contributed by atoms with Gasteiger partial charge in [-0.15, -0.1) is 0 Å². The first-order valence-corrected chi connectivity index (χ1v) is 9.22. The number of nitrogens with one attached hydrogen (secondary N) is 3. The molecule has 0 aliphatic carbocycles. The topological polar surface area (TPSA) is 96.8 Å². The molecule has 154 valence electrons. The van der Waals surface area contributed by atoms with E-state index in [2.05, 4.69) is 20.6 Å². The highest BCUT2D eigenvalue weighted by atomic mass is 19.3. The van der Waals surface area contributed by atoms with Crippen molar-refractivity contribution < 1.29 is 18.0 Å². The van der Waals surface area contributed by atoms with Crippen LogP contribution in [0.4, 0.5) is 35.2 Å². The average Bonchev–Trinajstić information content (AvgIpc) is 3.10. The number of fused-ring (bicyclic) bond motifs is 1. The van der Waals surface area contributed by atoms with Gasteiger partial charge in [0.1, 0.15) is 17.7 Å². The van der Waals surface area contributed by atoms with Gasteiger partial charge in [0.25, 0.3) is 5.92 Å². The number of nitrogens with zero attached hydrogens (tertiary/aromatic N) is 3. The number of carbonyl (C=O) groups excluding carboxylic acids is 1. The number of carbonyl (C=O) groups is 1. The number of urea groups is 1. The van der Waals surface area contributed by atoms with Gasteiger partial charge in [-0.3, -0.25) is 0 Å². The summed E-state index contributed by atoms with van der Waals surface area (Å²) in [4.78, 5) is 21.1. The van der Waals surface area contributed by atoms with Gasteiger partial charge >= 0.3 is 6.03 Å². The Labute approximate surface area is 169 Å². The van der Waals surface area contributed by atoms with Crippen LogP contribution in [0, 0.1) is 17.1 Å². The van der Waals surface area contributed by atoms with Crippen LogP contribution in [0.1, 0.15) is 18.4 Å². The first-order valence-electron chi connectivity index (χ1n) is 9.22. The van der Waals surface area contributed by atoms with Crippen molar-refractivity contribution in [1.82, 2.24) is 9.97 Å². The molecule has 1 aromatic carbocycles. The Morgan fingerprint density at radius 1 is 1.23 bits per heavy atom. The molecule has 3 heterocycles. The Morgan fingerprint density at radius 2 is 2.00 bits per heavy atom. The number of nitriles is 1. The SMILES string of the molecule is N#Cc1cc(NC(=O)Nc2c[nH]c3ccc(F)cc23)cnc1N1CCC(F)(F)CC1. The van der Waals surface area contributed by atoms with Crippen LogP contribution in [0.5, 0.6) is 0 Å². The van der Waals surface area contributed by atoms with Crippen LogP contribution in [-0.4, -0.2) is 35.0 Å². The van der Waals surface area contributed by atoms with Crippen molar-refractivity contribution in [3.8, 4) is 6.07 Å². The predicted octanol–water partition coefficient (Wildman–Crippen LogP) is 4.45. The molecule has 30 heavy (non-hydrogen) atoms. The summed E-state index contributed by atoms with van der Waals surface area (Å²) in [5.41, 5.74) is 1.49. The van der Waals surface area contributed by atoms with Crippen LogP contribution in [0.2, 0.25) is 0 Å². The minimum absolute atomic E-state index is 0.0963. The van der Waals surface area contributed by atoms with E-state index in [1.54, 1.807) is 11.0 Å². The van der Waals surface area contributed by atoms with E-state index in [4.69, 9.17) is 0 Å². The smallest absolute Gasteiger partial charge is 0.323 e. The molecule has 2 amide bonds. The maximum absolute atomic E-state index is 13.5. The molecule has 1 aliphatic rings. The summed E-state index contributed by atoms with van der Waals surface area (Å²) in [6.07, 6.45) is 2.30. The van der Waals surface area contributed by atoms with Crippen LogP contribution in [-0.2, 0) is 0 Å². The van der Waals surface area contributed by atoms with Crippen molar-refractivity contribution in [1.29, 1.82) is 5.26 Å². The van der Waals surface area contributed by atoms with Gasteiger partial charge in [0.2, 0.25) is 0 Å². The summed E-state index contributed by atoms with van der Waals surface area (Å²) >= 11 is 0. The first kappa shape index (κ1) is 19.6. The van der Waals surface area contributed by atoms with Gasteiger partial charge in [0.15, 0.2) is 0 Å². The minimum atomic E-state index is -2.70. The summed E-state index contributed by atoms with van der Waals surface area (Å²) in [5.74, 6) is -2.82. The molecule has 3 N–H and O–H groups in total. The van der Waals surface area contributed by atoms with Gasteiger partial charge in [-0.1, -0.05) is 0 Å². The standard InChI is InChI=1S/C20H17F3N6O/c21-13-1-2-16-15(8-13)17(11-25-16)28-19(30)27-14-7-12(9-24)18(26-10-14)29-5-3-20(22,23)4-6-29/h1-2,7-8,10-11,25H,3-6H2,(H2,27,28,30). The van der Waals surface area contributed by atoms with E-state index in [1.807, 2.05) is 6.07 Å². The molecular formula is C20H17F3N6O. The summed E-state index contributed by atoms with van der Waals surface area (Å²) in [5, 5.41) is 15.1. The number of aromatic amines is 1.